The molecule has 21 heavy (non-hydrogen) atoms. The van der Waals surface area contributed by atoms with Gasteiger partial charge in [0.05, 0.1) is 13.0 Å². The lowest BCUT2D eigenvalue weighted by Gasteiger charge is -2.16. The number of carbonyl (C=O) groups excluding carboxylic acids is 1. The van der Waals surface area contributed by atoms with E-state index in [1.54, 1.807) is 0 Å². The van der Waals surface area contributed by atoms with E-state index in [1.807, 2.05) is 54.6 Å². The number of rotatable bonds is 6. The number of hydrogen-bond donors (Lipinski definition) is 1. The number of hydrogen-bond acceptors (Lipinski definition) is 3. The van der Waals surface area contributed by atoms with Gasteiger partial charge in [0, 0.05) is 18.1 Å². The van der Waals surface area contributed by atoms with E-state index >= 15 is 0 Å². The zero-order chi connectivity index (χ0) is 15.1. The predicted molar refractivity (Wildman–Crippen MR) is 84.4 cm³/mol. The van der Waals surface area contributed by atoms with Crippen molar-refractivity contribution in [2.45, 2.75) is 12.5 Å². The normalized spacial score (nSPS) is 11.9. The minimum Gasteiger partial charge on any atom is -0.469 e. The molecule has 0 aliphatic heterocycles. The molecule has 0 bridgehead atoms. The molecule has 110 valence electrons. The van der Waals surface area contributed by atoms with E-state index in [9.17, 15) is 4.79 Å². The Kier molecular flexibility index (Phi) is 5.78. The third-order valence-electron chi connectivity index (χ3n) is 3.28. The first kappa shape index (κ1) is 15.5. The van der Waals surface area contributed by atoms with Gasteiger partial charge < -0.3 is 10.1 Å². The van der Waals surface area contributed by atoms with E-state index in [1.165, 1.54) is 7.11 Å². The van der Waals surface area contributed by atoms with Crippen molar-refractivity contribution < 1.29 is 9.53 Å². The molecular formula is C17H18ClNO2. The lowest BCUT2D eigenvalue weighted by Crippen LogP contribution is -2.27. The number of halogens is 1. The SMILES string of the molecule is COC(=O)C(CNCc1ccc(Cl)cc1)c1ccccc1. The first-order chi connectivity index (χ1) is 10.2. The first-order valence-electron chi connectivity index (χ1n) is 6.78. The standard InChI is InChI=1S/C17H18ClNO2/c1-21-17(20)16(14-5-3-2-4-6-14)12-19-11-13-7-9-15(18)10-8-13/h2-10,16,19H,11-12H2,1H3. The van der Waals surface area contributed by atoms with E-state index < -0.39 is 0 Å². The predicted octanol–water partition coefficient (Wildman–Crippen LogP) is 3.39. The van der Waals surface area contributed by atoms with Gasteiger partial charge in [0.2, 0.25) is 0 Å². The Labute approximate surface area is 129 Å². The van der Waals surface area contributed by atoms with Crippen molar-refractivity contribution >= 4 is 17.6 Å². The third-order valence-corrected chi connectivity index (χ3v) is 3.53. The summed E-state index contributed by atoms with van der Waals surface area (Å²) in [6, 6.07) is 17.3. The number of carbonyl (C=O) groups is 1. The lowest BCUT2D eigenvalue weighted by atomic mass is 9.99. The summed E-state index contributed by atoms with van der Waals surface area (Å²) in [5, 5.41) is 4.01. The minimum atomic E-state index is -0.302. The maximum atomic E-state index is 11.9. The van der Waals surface area contributed by atoms with Crippen LogP contribution in [0.15, 0.2) is 54.6 Å². The molecule has 1 atom stereocenters. The molecule has 0 fully saturated rings. The van der Waals surface area contributed by atoms with Crippen LogP contribution in [0, 0.1) is 0 Å². The van der Waals surface area contributed by atoms with Gasteiger partial charge in [0.15, 0.2) is 0 Å². The van der Waals surface area contributed by atoms with E-state index in [-0.39, 0.29) is 11.9 Å². The van der Waals surface area contributed by atoms with Gasteiger partial charge in [0.25, 0.3) is 0 Å². The van der Waals surface area contributed by atoms with Gasteiger partial charge in [-0.15, -0.1) is 0 Å². The van der Waals surface area contributed by atoms with E-state index in [0.717, 1.165) is 16.1 Å². The van der Waals surface area contributed by atoms with Crippen molar-refractivity contribution in [3.63, 3.8) is 0 Å². The Hall–Kier alpha value is -1.84. The average molecular weight is 304 g/mol. The van der Waals surface area contributed by atoms with E-state index in [2.05, 4.69) is 5.32 Å². The second-order valence-electron chi connectivity index (χ2n) is 4.74. The number of esters is 1. The molecular weight excluding hydrogens is 286 g/mol. The summed E-state index contributed by atoms with van der Waals surface area (Å²) >= 11 is 5.85. The molecule has 0 aliphatic rings. The summed E-state index contributed by atoms with van der Waals surface area (Å²) in [5.41, 5.74) is 2.07. The summed E-state index contributed by atoms with van der Waals surface area (Å²) in [6.07, 6.45) is 0. The zero-order valence-electron chi connectivity index (χ0n) is 11.9. The molecule has 2 aromatic carbocycles. The van der Waals surface area contributed by atoms with Gasteiger partial charge in [-0.25, -0.2) is 0 Å². The molecule has 1 N–H and O–H groups in total. The maximum Gasteiger partial charge on any atom is 0.314 e. The molecule has 0 aliphatic carbocycles. The average Bonchev–Trinajstić information content (AvgIpc) is 2.53. The maximum absolute atomic E-state index is 11.9. The van der Waals surface area contributed by atoms with Crippen LogP contribution < -0.4 is 5.32 Å². The van der Waals surface area contributed by atoms with Crippen LogP contribution in [-0.2, 0) is 16.1 Å². The second kappa shape index (κ2) is 7.81. The third kappa shape index (κ3) is 4.59. The van der Waals surface area contributed by atoms with Crippen LogP contribution in [0.1, 0.15) is 17.0 Å². The Bertz CT molecular complexity index is 569. The summed E-state index contributed by atoms with van der Waals surface area (Å²) in [7, 11) is 1.41. The van der Waals surface area contributed by atoms with Crippen molar-refractivity contribution in [3.8, 4) is 0 Å². The number of nitrogens with one attached hydrogen (secondary N) is 1. The lowest BCUT2D eigenvalue weighted by molar-refractivity contribution is -0.142. The molecule has 0 heterocycles. The van der Waals surface area contributed by atoms with Crippen molar-refractivity contribution in [2.75, 3.05) is 13.7 Å². The van der Waals surface area contributed by atoms with Crippen LogP contribution in [0.2, 0.25) is 5.02 Å². The van der Waals surface area contributed by atoms with Crippen molar-refractivity contribution in [3.05, 3.63) is 70.7 Å². The number of benzene rings is 2. The molecule has 0 amide bonds. The van der Waals surface area contributed by atoms with Gasteiger partial charge >= 0.3 is 5.97 Å². The van der Waals surface area contributed by atoms with Crippen LogP contribution in [0.5, 0.6) is 0 Å². The number of ether oxygens (including phenoxy) is 1. The molecule has 0 spiro atoms. The summed E-state index contributed by atoms with van der Waals surface area (Å²) < 4.78 is 4.89. The molecule has 1 unspecified atom stereocenters. The number of methoxy groups -OCH3 is 1. The quantitative estimate of drug-likeness (QED) is 0.831. The fourth-order valence-corrected chi connectivity index (χ4v) is 2.25. The Morgan fingerprint density at radius 1 is 1.14 bits per heavy atom. The first-order valence-corrected chi connectivity index (χ1v) is 7.16. The zero-order valence-corrected chi connectivity index (χ0v) is 12.6. The molecule has 2 aromatic rings. The van der Waals surface area contributed by atoms with Crippen LogP contribution in [0.25, 0.3) is 0 Å². The Balaban J connectivity index is 1.96. The molecule has 0 saturated heterocycles. The molecule has 2 rings (SSSR count). The van der Waals surface area contributed by atoms with Gasteiger partial charge in [-0.1, -0.05) is 54.1 Å². The Morgan fingerprint density at radius 2 is 1.81 bits per heavy atom. The van der Waals surface area contributed by atoms with Crippen molar-refractivity contribution in [1.29, 1.82) is 0 Å². The highest BCUT2D eigenvalue weighted by atomic mass is 35.5. The molecule has 0 radical (unpaired) electrons. The topological polar surface area (TPSA) is 38.3 Å². The van der Waals surface area contributed by atoms with Crippen LogP contribution in [0.4, 0.5) is 0 Å². The largest absolute Gasteiger partial charge is 0.469 e. The van der Waals surface area contributed by atoms with E-state index in [0.29, 0.717) is 13.1 Å². The highest BCUT2D eigenvalue weighted by Gasteiger charge is 2.20. The molecule has 3 nitrogen and oxygen atoms in total. The molecule has 4 heteroatoms. The summed E-state index contributed by atoms with van der Waals surface area (Å²) in [6.45, 7) is 1.21. The fourth-order valence-electron chi connectivity index (χ4n) is 2.13. The van der Waals surface area contributed by atoms with Crippen LogP contribution in [0.3, 0.4) is 0 Å². The van der Waals surface area contributed by atoms with Crippen LogP contribution in [-0.4, -0.2) is 19.6 Å². The van der Waals surface area contributed by atoms with Gasteiger partial charge in [-0.05, 0) is 23.3 Å². The van der Waals surface area contributed by atoms with Crippen molar-refractivity contribution in [2.24, 2.45) is 0 Å². The van der Waals surface area contributed by atoms with Gasteiger partial charge in [-0.2, -0.15) is 0 Å². The van der Waals surface area contributed by atoms with Gasteiger partial charge in [0.1, 0.15) is 0 Å². The fraction of sp³-hybridized carbons (Fsp3) is 0.235. The van der Waals surface area contributed by atoms with E-state index in [4.69, 9.17) is 16.3 Å². The highest BCUT2D eigenvalue weighted by Crippen LogP contribution is 2.16. The Morgan fingerprint density at radius 3 is 2.43 bits per heavy atom. The molecule has 0 saturated carbocycles. The van der Waals surface area contributed by atoms with Gasteiger partial charge in [-0.3, -0.25) is 4.79 Å². The summed E-state index contributed by atoms with van der Waals surface area (Å²) in [4.78, 5) is 11.9. The monoisotopic (exact) mass is 303 g/mol. The second-order valence-corrected chi connectivity index (χ2v) is 5.18. The highest BCUT2D eigenvalue weighted by molar-refractivity contribution is 6.30. The van der Waals surface area contributed by atoms with Crippen LogP contribution >= 0.6 is 11.6 Å². The minimum absolute atomic E-state index is 0.232. The summed E-state index contributed by atoms with van der Waals surface area (Å²) in [5.74, 6) is -0.534. The van der Waals surface area contributed by atoms with Crippen molar-refractivity contribution in [1.82, 2.24) is 5.32 Å². The molecule has 0 aromatic heterocycles. The smallest absolute Gasteiger partial charge is 0.314 e.